The van der Waals surface area contributed by atoms with Crippen molar-refractivity contribution < 1.29 is 28.5 Å². The Morgan fingerprint density at radius 3 is 1.98 bits per heavy atom. The number of hydrogen-bond acceptors (Lipinski definition) is 7. The van der Waals surface area contributed by atoms with E-state index in [0.717, 1.165) is 38.9 Å². The number of fused-ring (bicyclic) bond motifs is 3. The van der Waals surface area contributed by atoms with E-state index in [1.165, 1.54) is 5.56 Å². The average molecular weight is 685 g/mol. The zero-order valence-electron chi connectivity index (χ0n) is 29.5. The third-order valence-corrected chi connectivity index (χ3v) is 9.27. The van der Waals surface area contributed by atoms with Crippen LogP contribution in [0.25, 0.3) is 11.1 Å². The highest BCUT2D eigenvalue weighted by Gasteiger charge is 2.30. The Morgan fingerprint density at radius 2 is 1.35 bits per heavy atom. The summed E-state index contributed by atoms with van der Waals surface area (Å²) in [5, 5.41) is 6.26. The second-order valence-corrected chi connectivity index (χ2v) is 12.9. The van der Waals surface area contributed by atoms with Gasteiger partial charge in [0, 0.05) is 24.1 Å². The number of amides is 1. The molecule has 0 radical (unpaired) electrons. The molecular formula is C43H44N2O6. The van der Waals surface area contributed by atoms with E-state index in [-0.39, 0.29) is 31.5 Å². The summed E-state index contributed by atoms with van der Waals surface area (Å²) in [7, 11) is 3.17. The van der Waals surface area contributed by atoms with Gasteiger partial charge in [-0.2, -0.15) is 0 Å². The smallest absolute Gasteiger partial charge is 0.407 e. The lowest BCUT2D eigenvalue weighted by atomic mass is 9.97. The van der Waals surface area contributed by atoms with Gasteiger partial charge in [0.25, 0.3) is 0 Å². The van der Waals surface area contributed by atoms with Crippen LogP contribution in [0, 0.1) is 0 Å². The van der Waals surface area contributed by atoms with Crippen LogP contribution in [0.1, 0.15) is 65.1 Å². The Morgan fingerprint density at radius 1 is 0.725 bits per heavy atom. The molecule has 1 aliphatic carbocycles. The molecular weight excluding hydrogens is 640 g/mol. The van der Waals surface area contributed by atoms with Crippen LogP contribution >= 0.6 is 0 Å². The van der Waals surface area contributed by atoms with E-state index < -0.39 is 12.1 Å². The molecule has 0 aromatic heterocycles. The summed E-state index contributed by atoms with van der Waals surface area (Å²) in [5.74, 6) is 2.07. The van der Waals surface area contributed by atoms with Gasteiger partial charge in [-0.15, -0.1) is 0 Å². The van der Waals surface area contributed by atoms with Crippen molar-refractivity contribution in [2.75, 3.05) is 34.0 Å². The van der Waals surface area contributed by atoms with Crippen LogP contribution in [0.5, 0.6) is 17.2 Å². The molecule has 1 atom stereocenters. The van der Waals surface area contributed by atoms with Crippen molar-refractivity contribution in [3.63, 3.8) is 0 Å². The zero-order chi connectivity index (χ0) is 35.7. The maximum Gasteiger partial charge on any atom is 0.407 e. The molecule has 0 aliphatic heterocycles. The normalized spacial score (nSPS) is 12.5. The van der Waals surface area contributed by atoms with Gasteiger partial charge in [0.05, 0.1) is 26.8 Å². The number of Topliss-reactive ketones (excluding diaryl/α,β-unsaturated/α-hetero) is 1. The summed E-state index contributed by atoms with van der Waals surface area (Å²) >= 11 is 0. The van der Waals surface area contributed by atoms with Gasteiger partial charge in [0.1, 0.15) is 30.5 Å². The molecule has 0 fully saturated rings. The molecule has 6 rings (SSSR count). The van der Waals surface area contributed by atoms with Gasteiger partial charge in [-0.05, 0) is 69.1 Å². The van der Waals surface area contributed by atoms with E-state index in [1.54, 1.807) is 32.4 Å². The van der Waals surface area contributed by atoms with Crippen LogP contribution in [-0.4, -0.2) is 45.9 Å². The monoisotopic (exact) mass is 684 g/mol. The Bertz CT molecular complexity index is 1910. The molecule has 0 saturated heterocycles. The number of alkyl carbamates (subject to hydrolysis) is 1. The van der Waals surface area contributed by atoms with Crippen molar-refractivity contribution in [1.82, 2.24) is 10.6 Å². The summed E-state index contributed by atoms with van der Waals surface area (Å²) in [5.41, 5.74) is 8.51. The van der Waals surface area contributed by atoms with Crippen molar-refractivity contribution in [1.29, 1.82) is 0 Å². The third-order valence-electron chi connectivity index (χ3n) is 9.27. The maximum absolute atomic E-state index is 13.5. The average Bonchev–Trinajstić information content (AvgIpc) is 3.49. The lowest BCUT2D eigenvalue weighted by Gasteiger charge is -2.23. The lowest BCUT2D eigenvalue weighted by molar-refractivity contribution is -0.120. The third kappa shape index (κ3) is 8.41. The Labute approximate surface area is 299 Å². The second-order valence-electron chi connectivity index (χ2n) is 12.9. The van der Waals surface area contributed by atoms with E-state index in [2.05, 4.69) is 73.0 Å². The fourth-order valence-corrected chi connectivity index (χ4v) is 6.49. The number of benzene rings is 5. The topological polar surface area (TPSA) is 95.1 Å². The van der Waals surface area contributed by atoms with Gasteiger partial charge in [0.2, 0.25) is 0 Å². The molecule has 51 heavy (non-hydrogen) atoms. The number of methoxy groups -OCH3 is 2. The molecule has 0 spiro atoms. The van der Waals surface area contributed by atoms with E-state index in [4.69, 9.17) is 18.9 Å². The SMILES string of the molecule is COc1ccc(C(NC(=O)OCC2c3ccccc3-c3ccccc32)c2ccc(OCC(=O)CNCc3ccc(C(C)C)cc3)cc2)c(OC)c1. The molecule has 5 aromatic carbocycles. The number of rotatable bonds is 15. The molecule has 0 bridgehead atoms. The van der Waals surface area contributed by atoms with Crippen molar-refractivity contribution >= 4 is 11.9 Å². The molecule has 8 nitrogen and oxygen atoms in total. The van der Waals surface area contributed by atoms with Crippen LogP contribution in [-0.2, 0) is 16.1 Å². The van der Waals surface area contributed by atoms with Crippen molar-refractivity contribution in [3.8, 4) is 28.4 Å². The van der Waals surface area contributed by atoms with Crippen LogP contribution < -0.4 is 24.8 Å². The minimum Gasteiger partial charge on any atom is -0.497 e. The van der Waals surface area contributed by atoms with E-state index >= 15 is 0 Å². The van der Waals surface area contributed by atoms with Crippen LogP contribution in [0.15, 0.2) is 115 Å². The summed E-state index contributed by atoms with van der Waals surface area (Å²) < 4.78 is 22.9. The number of carbonyl (C=O) groups is 2. The fourth-order valence-electron chi connectivity index (χ4n) is 6.49. The summed E-state index contributed by atoms with van der Waals surface area (Å²) in [6.45, 7) is 5.26. The minimum absolute atomic E-state index is 0.0596. The number of nitrogens with one attached hydrogen (secondary N) is 2. The first kappa shape index (κ1) is 35.2. The number of hydrogen-bond donors (Lipinski definition) is 2. The largest absolute Gasteiger partial charge is 0.497 e. The zero-order valence-corrected chi connectivity index (χ0v) is 29.5. The quantitative estimate of drug-likeness (QED) is 0.115. The van der Waals surface area contributed by atoms with Crippen LogP contribution in [0.2, 0.25) is 0 Å². The molecule has 0 heterocycles. The maximum atomic E-state index is 13.5. The van der Waals surface area contributed by atoms with Gasteiger partial charge in [-0.3, -0.25) is 4.79 Å². The predicted octanol–water partition coefficient (Wildman–Crippen LogP) is 8.19. The molecule has 5 aromatic rings. The second kappa shape index (κ2) is 16.4. The van der Waals surface area contributed by atoms with Crippen molar-refractivity contribution in [2.45, 2.75) is 38.3 Å². The number of ether oxygens (including phenoxy) is 4. The highest BCUT2D eigenvalue weighted by atomic mass is 16.5. The molecule has 1 aliphatic rings. The first-order valence-electron chi connectivity index (χ1n) is 17.2. The summed E-state index contributed by atoms with van der Waals surface area (Å²) in [4.78, 5) is 26.1. The van der Waals surface area contributed by atoms with Gasteiger partial charge >= 0.3 is 6.09 Å². The molecule has 0 saturated carbocycles. The van der Waals surface area contributed by atoms with Crippen LogP contribution in [0.4, 0.5) is 4.79 Å². The van der Waals surface area contributed by atoms with Crippen molar-refractivity contribution in [3.05, 3.63) is 149 Å². The van der Waals surface area contributed by atoms with E-state index in [1.807, 2.05) is 48.5 Å². The molecule has 1 amide bonds. The Kier molecular flexibility index (Phi) is 11.3. The lowest BCUT2D eigenvalue weighted by Crippen LogP contribution is -2.31. The highest BCUT2D eigenvalue weighted by Crippen LogP contribution is 2.44. The van der Waals surface area contributed by atoms with Gasteiger partial charge < -0.3 is 29.6 Å². The fraction of sp³-hybridized carbons (Fsp3) is 0.256. The first-order valence-corrected chi connectivity index (χ1v) is 17.2. The Balaban J connectivity index is 1.10. The van der Waals surface area contributed by atoms with Gasteiger partial charge in [-0.25, -0.2) is 4.79 Å². The molecule has 262 valence electrons. The number of carbonyl (C=O) groups excluding carboxylic acids is 2. The molecule has 2 N–H and O–H groups in total. The van der Waals surface area contributed by atoms with E-state index in [9.17, 15) is 9.59 Å². The predicted molar refractivity (Wildman–Crippen MR) is 199 cm³/mol. The highest BCUT2D eigenvalue weighted by molar-refractivity contribution is 5.82. The molecule has 8 heteroatoms. The summed E-state index contributed by atoms with van der Waals surface area (Å²) in [6, 6.07) is 37.0. The van der Waals surface area contributed by atoms with Gasteiger partial charge in [-0.1, -0.05) is 98.8 Å². The van der Waals surface area contributed by atoms with Gasteiger partial charge in [0.15, 0.2) is 5.78 Å². The standard InChI is InChI=1S/C43H44N2O6/c1-28(2)30-15-13-29(14-16-30)24-44-25-32(46)26-50-33-19-17-31(18-20-33)42(39-22-21-34(48-3)23-41(39)49-4)45-43(47)51-27-40-37-11-7-5-9-35(37)36-10-6-8-12-38(36)40/h5-23,28,40,42,44H,24-27H2,1-4H3,(H,45,47). The Hall–Kier alpha value is -5.60. The first-order chi connectivity index (χ1) is 24.8. The van der Waals surface area contributed by atoms with Crippen LogP contribution in [0.3, 0.4) is 0 Å². The molecule has 1 unspecified atom stereocenters. The number of ketones is 1. The summed E-state index contributed by atoms with van der Waals surface area (Å²) in [6.07, 6.45) is -0.561. The minimum atomic E-state index is -0.615. The van der Waals surface area contributed by atoms with E-state index in [0.29, 0.717) is 29.7 Å². The van der Waals surface area contributed by atoms with Crippen molar-refractivity contribution in [2.24, 2.45) is 0 Å².